The molecule has 1 N–H and O–H groups in total. The van der Waals surface area contributed by atoms with Gasteiger partial charge < -0.3 is 10.2 Å². The molecule has 2 aromatic carbocycles. The molecular formula is C25H23F2N3O2. The molecule has 0 unspecified atom stereocenters. The smallest absolute Gasteiger partial charge is 0.227 e. The zero-order valence-electron chi connectivity index (χ0n) is 17.6. The van der Waals surface area contributed by atoms with Crippen molar-refractivity contribution in [1.29, 1.82) is 0 Å². The molecule has 3 aromatic rings. The van der Waals surface area contributed by atoms with E-state index in [9.17, 15) is 18.4 Å². The number of hydrogen-bond donors (Lipinski definition) is 1. The molecule has 0 aliphatic carbocycles. The molecule has 0 saturated carbocycles. The monoisotopic (exact) mass is 435 g/mol. The molecule has 7 heteroatoms. The highest BCUT2D eigenvalue weighted by Gasteiger charge is 2.26. The van der Waals surface area contributed by atoms with E-state index in [1.807, 2.05) is 18.2 Å². The van der Waals surface area contributed by atoms with Crippen molar-refractivity contribution in [3.63, 3.8) is 0 Å². The molecule has 1 fully saturated rings. The van der Waals surface area contributed by atoms with Crippen molar-refractivity contribution in [2.24, 2.45) is 5.92 Å². The standard InChI is InChI=1S/C25H23F2N3O2/c1-16(31)30-12-10-17(11-13-30)25(32)28-20-5-2-4-18(14-20)23-6-3-7-24(29-23)21-9-8-19(26)15-22(21)27/h2-9,14-15,17H,10-13H2,1H3,(H,28,32). The fourth-order valence-corrected chi connectivity index (χ4v) is 3.90. The van der Waals surface area contributed by atoms with Crippen LogP contribution in [0.2, 0.25) is 0 Å². The highest BCUT2D eigenvalue weighted by Crippen LogP contribution is 2.27. The van der Waals surface area contributed by atoms with Gasteiger partial charge in [0.15, 0.2) is 0 Å². The Labute approximate surface area is 185 Å². The topological polar surface area (TPSA) is 62.3 Å². The predicted molar refractivity (Wildman–Crippen MR) is 119 cm³/mol. The molecule has 164 valence electrons. The summed E-state index contributed by atoms with van der Waals surface area (Å²) < 4.78 is 27.4. The number of carbonyl (C=O) groups excluding carboxylic acids is 2. The van der Waals surface area contributed by atoms with Crippen molar-refractivity contribution < 1.29 is 18.4 Å². The number of piperidine rings is 1. The number of rotatable bonds is 4. The average molecular weight is 435 g/mol. The van der Waals surface area contributed by atoms with Crippen LogP contribution >= 0.6 is 0 Å². The number of likely N-dealkylation sites (tertiary alicyclic amines) is 1. The molecule has 0 spiro atoms. The lowest BCUT2D eigenvalue weighted by atomic mass is 9.95. The summed E-state index contributed by atoms with van der Waals surface area (Å²) in [6.07, 6.45) is 1.27. The van der Waals surface area contributed by atoms with Crippen LogP contribution in [-0.4, -0.2) is 34.8 Å². The van der Waals surface area contributed by atoms with Crippen molar-refractivity contribution in [1.82, 2.24) is 9.88 Å². The first-order valence-electron chi connectivity index (χ1n) is 10.5. The summed E-state index contributed by atoms with van der Waals surface area (Å²) in [5.74, 6) is -1.49. The minimum atomic E-state index is -0.675. The Bertz CT molecular complexity index is 1160. The van der Waals surface area contributed by atoms with Gasteiger partial charge >= 0.3 is 0 Å². The summed E-state index contributed by atoms with van der Waals surface area (Å²) in [6, 6.07) is 15.9. The first-order chi connectivity index (χ1) is 15.4. The van der Waals surface area contributed by atoms with Crippen molar-refractivity contribution >= 4 is 17.5 Å². The van der Waals surface area contributed by atoms with Gasteiger partial charge in [-0.1, -0.05) is 18.2 Å². The van der Waals surface area contributed by atoms with Crippen LogP contribution in [0.25, 0.3) is 22.5 Å². The van der Waals surface area contributed by atoms with E-state index in [2.05, 4.69) is 10.3 Å². The van der Waals surface area contributed by atoms with Gasteiger partial charge in [-0.25, -0.2) is 13.8 Å². The van der Waals surface area contributed by atoms with E-state index in [-0.39, 0.29) is 23.3 Å². The van der Waals surface area contributed by atoms with Gasteiger partial charge in [-0.3, -0.25) is 9.59 Å². The third kappa shape index (κ3) is 4.82. The Morgan fingerprint density at radius 3 is 2.41 bits per heavy atom. The van der Waals surface area contributed by atoms with Crippen molar-refractivity contribution in [3.8, 4) is 22.5 Å². The van der Waals surface area contributed by atoms with Gasteiger partial charge in [-0.05, 0) is 49.2 Å². The van der Waals surface area contributed by atoms with Gasteiger partial charge in [0.25, 0.3) is 0 Å². The molecule has 1 saturated heterocycles. The van der Waals surface area contributed by atoms with Gasteiger partial charge in [0, 0.05) is 48.8 Å². The molecule has 0 atom stereocenters. The van der Waals surface area contributed by atoms with Gasteiger partial charge in [0.2, 0.25) is 11.8 Å². The number of anilines is 1. The van der Waals surface area contributed by atoms with E-state index in [0.717, 1.165) is 11.6 Å². The molecule has 4 rings (SSSR count). The SMILES string of the molecule is CC(=O)N1CCC(C(=O)Nc2cccc(-c3cccc(-c4ccc(F)cc4F)n3)c2)CC1. The number of nitrogens with one attached hydrogen (secondary N) is 1. The zero-order valence-corrected chi connectivity index (χ0v) is 17.6. The Morgan fingerprint density at radius 1 is 0.969 bits per heavy atom. The molecule has 2 heterocycles. The number of hydrogen-bond acceptors (Lipinski definition) is 3. The normalized spacial score (nSPS) is 14.3. The second-order valence-electron chi connectivity index (χ2n) is 7.88. The number of pyridine rings is 1. The van der Waals surface area contributed by atoms with E-state index >= 15 is 0 Å². The second-order valence-corrected chi connectivity index (χ2v) is 7.88. The quantitative estimate of drug-likeness (QED) is 0.635. The zero-order chi connectivity index (χ0) is 22.7. The number of carbonyl (C=O) groups is 2. The lowest BCUT2D eigenvalue weighted by molar-refractivity contribution is -0.132. The highest BCUT2D eigenvalue weighted by atomic mass is 19.1. The molecule has 5 nitrogen and oxygen atoms in total. The molecule has 2 amide bonds. The van der Waals surface area contributed by atoms with E-state index in [4.69, 9.17) is 0 Å². The lowest BCUT2D eigenvalue weighted by Crippen LogP contribution is -2.40. The van der Waals surface area contributed by atoms with Crippen LogP contribution in [0.15, 0.2) is 60.7 Å². The van der Waals surface area contributed by atoms with Gasteiger partial charge in [0.1, 0.15) is 11.6 Å². The summed E-state index contributed by atoms with van der Waals surface area (Å²) >= 11 is 0. The maximum Gasteiger partial charge on any atom is 0.227 e. The summed E-state index contributed by atoms with van der Waals surface area (Å²) in [4.78, 5) is 30.4. The Morgan fingerprint density at radius 2 is 1.69 bits per heavy atom. The van der Waals surface area contributed by atoms with Gasteiger partial charge in [0.05, 0.1) is 11.4 Å². The number of aromatic nitrogens is 1. The minimum Gasteiger partial charge on any atom is -0.343 e. The summed E-state index contributed by atoms with van der Waals surface area (Å²) in [5, 5.41) is 2.96. The van der Waals surface area contributed by atoms with E-state index in [0.29, 0.717) is 43.0 Å². The van der Waals surface area contributed by atoms with Crippen LogP contribution in [0.1, 0.15) is 19.8 Å². The molecule has 1 aliphatic rings. The summed E-state index contributed by atoms with van der Waals surface area (Å²) in [5.41, 5.74) is 2.62. The van der Waals surface area contributed by atoms with Gasteiger partial charge in [-0.15, -0.1) is 0 Å². The third-order valence-corrected chi connectivity index (χ3v) is 5.69. The number of amides is 2. The molecule has 0 radical (unpaired) electrons. The van der Waals surface area contributed by atoms with Gasteiger partial charge in [-0.2, -0.15) is 0 Å². The number of nitrogens with zero attached hydrogens (tertiary/aromatic N) is 2. The maximum absolute atomic E-state index is 14.2. The number of halogens is 2. The highest BCUT2D eigenvalue weighted by molar-refractivity contribution is 5.93. The van der Waals surface area contributed by atoms with Crippen molar-refractivity contribution in [3.05, 3.63) is 72.3 Å². The molecule has 32 heavy (non-hydrogen) atoms. The van der Waals surface area contributed by atoms with E-state index in [1.165, 1.54) is 12.1 Å². The van der Waals surface area contributed by atoms with Crippen LogP contribution in [0.3, 0.4) is 0 Å². The van der Waals surface area contributed by atoms with Crippen molar-refractivity contribution in [2.75, 3.05) is 18.4 Å². The largest absolute Gasteiger partial charge is 0.343 e. The fourth-order valence-electron chi connectivity index (χ4n) is 3.90. The van der Waals surface area contributed by atoms with Crippen LogP contribution in [0.5, 0.6) is 0 Å². The molecule has 1 aliphatic heterocycles. The van der Waals surface area contributed by atoms with Crippen LogP contribution in [0.4, 0.5) is 14.5 Å². The Kier molecular flexibility index (Phi) is 6.25. The number of benzene rings is 2. The third-order valence-electron chi connectivity index (χ3n) is 5.69. The maximum atomic E-state index is 14.2. The first kappa shape index (κ1) is 21.6. The Balaban J connectivity index is 1.50. The predicted octanol–water partition coefficient (Wildman–Crippen LogP) is 4.89. The van der Waals surface area contributed by atoms with E-state index in [1.54, 1.807) is 36.1 Å². The first-order valence-corrected chi connectivity index (χ1v) is 10.5. The second kappa shape index (κ2) is 9.26. The van der Waals surface area contributed by atoms with E-state index < -0.39 is 11.6 Å². The molecule has 1 aromatic heterocycles. The molecule has 0 bridgehead atoms. The lowest BCUT2D eigenvalue weighted by Gasteiger charge is -2.30. The van der Waals surface area contributed by atoms with Crippen LogP contribution < -0.4 is 5.32 Å². The summed E-state index contributed by atoms with van der Waals surface area (Å²) in [7, 11) is 0. The fraction of sp³-hybridized carbons (Fsp3) is 0.240. The molecular weight excluding hydrogens is 412 g/mol. The Hall–Kier alpha value is -3.61. The van der Waals surface area contributed by atoms with Crippen LogP contribution in [-0.2, 0) is 9.59 Å². The van der Waals surface area contributed by atoms with Crippen molar-refractivity contribution in [2.45, 2.75) is 19.8 Å². The minimum absolute atomic E-state index is 0.0341. The van der Waals surface area contributed by atoms with Crippen LogP contribution in [0, 0.1) is 17.6 Å². The average Bonchev–Trinajstić information content (AvgIpc) is 2.79. The summed E-state index contributed by atoms with van der Waals surface area (Å²) in [6.45, 7) is 2.72.